The van der Waals surface area contributed by atoms with E-state index in [1.165, 1.54) is 13.2 Å². The second-order valence-corrected chi connectivity index (χ2v) is 4.52. The number of ether oxygens (including phenoxy) is 1. The van der Waals surface area contributed by atoms with Crippen molar-refractivity contribution in [2.24, 2.45) is 0 Å². The van der Waals surface area contributed by atoms with Gasteiger partial charge in [-0.05, 0) is 29.7 Å². The number of carbonyl (C=O) groups is 1. The van der Waals surface area contributed by atoms with Crippen molar-refractivity contribution in [3.05, 3.63) is 70.8 Å². The number of rotatable bonds is 3. The van der Waals surface area contributed by atoms with Crippen molar-refractivity contribution in [1.82, 2.24) is 0 Å². The van der Waals surface area contributed by atoms with Gasteiger partial charge in [0.15, 0.2) is 0 Å². The highest BCUT2D eigenvalue weighted by Crippen LogP contribution is 2.30. The van der Waals surface area contributed by atoms with Crippen molar-refractivity contribution < 1.29 is 22.7 Å². The normalized spacial score (nSPS) is 11.2. The van der Waals surface area contributed by atoms with Gasteiger partial charge in [0.25, 0.3) is 0 Å². The van der Waals surface area contributed by atoms with E-state index in [0.717, 1.165) is 12.1 Å². The standard InChI is InChI=1S/C16H13F3O2/c1-21-15(20)14-8-3-2-6-12(14)9-11-5-4-7-13(10-11)16(17,18)19/h2-8,10H,9H2,1H3. The van der Waals surface area contributed by atoms with Crippen LogP contribution >= 0.6 is 0 Å². The molecule has 2 rings (SSSR count). The number of hydrogen-bond acceptors (Lipinski definition) is 2. The van der Waals surface area contributed by atoms with Crippen LogP contribution in [0.3, 0.4) is 0 Å². The molecule has 110 valence electrons. The molecule has 0 N–H and O–H groups in total. The highest BCUT2D eigenvalue weighted by Gasteiger charge is 2.30. The summed E-state index contributed by atoms with van der Waals surface area (Å²) in [4.78, 5) is 11.6. The van der Waals surface area contributed by atoms with Crippen LogP contribution in [0, 0.1) is 0 Å². The average molecular weight is 294 g/mol. The minimum Gasteiger partial charge on any atom is -0.465 e. The van der Waals surface area contributed by atoms with Crippen LogP contribution in [-0.4, -0.2) is 13.1 Å². The van der Waals surface area contributed by atoms with Crippen molar-refractivity contribution in [2.45, 2.75) is 12.6 Å². The van der Waals surface area contributed by atoms with Gasteiger partial charge < -0.3 is 4.74 Å². The SMILES string of the molecule is COC(=O)c1ccccc1Cc1cccc(C(F)(F)F)c1. The van der Waals surface area contributed by atoms with Gasteiger partial charge in [0.1, 0.15) is 0 Å². The third kappa shape index (κ3) is 3.62. The van der Waals surface area contributed by atoms with Gasteiger partial charge in [-0.2, -0.15) is 13.2 Å². The molecule has 5 heteroatoms. The summed E-state index contributed by atoms with van der Waals surface area (Å²) in [7, 11) is 1.27. The predicted molar refractivity (Wildman–Crippen MR) is 72.0 cm³/mol. The molecule has 0 aliphatic heterocycles. The van der Waals surface area contributed by atoms with Crippen LogP contribution in [0.15, 0.2) is 48.5 Å². The van der Waals surface area contributed by atoms with Crippen molar-refractivity contribution in [2.75, 3.05) is 7.11 Å². The van der Waals surface area contributed by atoms with Crippen molar-refractivity contribution in [3.8, 4) is 0 Å². The maximum atomic E-state index is 12.7. The fraction of sp³-hybridized carbons (Fsp3) is 0.188. The highest BCUT2D eigenvalue weighted by atomic mass is 19.4. The number of carbonyl (C=O) groups excluding carboxylic acids is 1. The Morgan fingerprint density at radius 2 is 1.81 bits per heavy atom. The lowest BCUT2D eigenvalue weighted by Gasteiger charge is -2.10. The molecule has 0 bridgehead atoms. The molecular formula is C16H13F3O2. The van der Waals surface area contributed by atoms with Crippen LogP contribution in [0.25, 0.3) is 0 Å². The van der Waals surface area contributed by atoms with Gasteiger partial charge in [0.05, 0.1) is 18.2 Å². The minimum absolute atomic E-state index is 0.231. The molecule has 0 saturated carbocycles. The quantitative estimate of drug-likeness (QED) is 0.797. The van der Waals surface area contributed by atoms with E-state index >= 15 is 0 Å². The molecule has 21 heavy (non-hydrogen) atoms. The largest absolute Gasteiger partial charge is 0.465 e. The third-order valence-electron chi connectivity index (χ3n) is 3.07. The average Bonchev–Trinajstić information content (AvgIpc) is 2.46. The molecule has 2 aromatic rings. The Bertz CT molecular complexity index is 648. The Balaban J connectivity index is 2.33. The van der Waals surface area contributed by atoms with E-state index in [4.69, 9.17) is 0 Å². The van der Waals surface area contributed by atoms with E-state index in [9.17, 15) is 18.0 Å². The van der Waals surface area contributed by atoms with E-state index in [-0.39, 0.29) is 6.42 Å². The summed E-state index contributed by atoms with van der Waals surface area (Å²) >= 11 is 0. The van der Waals surface area contributed by atoms with Crippen LogP contribution < -0.4 is 0 Å². The Kier molecular flexibility index (Phi) is 4.31. The molecule has 0 aliphatic rings. The van der Waals surface area contributed by atoms with Crippen molar-refractivity contribution in [3.63, 3.8) is 0 Å². The lowest BCUT2D eigenvalue weighted by Crippen LogP contribution is -2.07. The number of alkyl halides is 3. The summed E-state index contributed by atoms with van der Waals surface area (Å²) in [5, 5.41) is 0. The number of hydrogen-bond donors (Lipinski definition) is 0. The summed E-state index contributed by atoms with van der Waals surface area (Å²) in [5.41, 5.74) is 0.776. The van der Waals surface area contributed by atoms with Gasteiger partial charge in [-0.15, -0.1) is 0 Å². The van der Waals surface area contributed by atoms with Gasteiger partial charge >= 0.3 is 12.1 Å². The Hall–Kier alpha value is -2.30. The van der Waals surface area contributed by atoms with Crippen LogP contribution in [0.2, 0.25) is 0 Å². The van der Waals surface area contributed by atoms with Gasteiger partial charge in [-0.25, -0.2) is 4.79 Å². The summed E-state index contributed by atoms with van der Waals surface area (Å²) < 4.78 is 42.8. The van der Waals surface area contributed by atoms with Crippen LogP contribution in [-0.2, 0) is 17.3 Å². The van der Waals surface area contributed by atoms with Gasteiger partial charge in [0.2, 0.25) is 0 Å². The molecule has 0 saturated heterocycles. The van der Waals surface area contributed by atoms with Crippen LogP contribution in [0.1, 0.15) is 27.0 Å². The summed E-state index contributed by atoms with van der Waals surface area (Å²) in [6, 6.07) is 11.8. The second-order valence-electron chi connectivity index (χ2n) is 4.52. The number of methoxy groups -OCH3 is 1. The first kappa shape index (κ1) is 15.1. The Morgan fingerprint density at radius 3 is 2.48 bits per heavy atom. The number of halogens is 3. The monoisotopic (exact) mass is 294 g/mol. The first-order valence-electron chi connectivity index (χ1n) is 6.24. The lowest BCUT2D eigenvalue weighted by atomic mass is 9.98. The maximum Gasteiger partial charge on any atom is 0.416 e. The molecule has 2 nitrogen and oxygen atoms in total. The van der Waals surface area contributed by atoms with Gasteiger partial charge in [-0.3, -0.25) is 0 Å². The zero-order chi connectivity index (χ0) is 15.5. The molecule has 0 aliphatic carbocycles. The fourth-order valence-corrected chi connectivity index (χ4v) is 2.06. The first-order valence-corrected chi connectivity index (χ1v) is 6.24. The molecule has 0 aromatic heterocycles. The molecule has 0 atom stereocenters. The first-order chi connectivity index (χ1) is 9.91. The van der Waals surface area contributed by atoms with Gasteiger partial charge in [-0.1, -0.05) is 36.4 Å². The van der Waals surface area contributed by atoms with Crippen molar-refractivity contribution in [1.29, 1.82) is 0 Å². The number of benzene rings is 2. The summed E-state index contributed by atoms with van der Waals surface area (Å²) in [5.74, 6) is -0.502. The van der Waals surface area contributed by atoms with E-state index in [1.807, 2.05) is 0 Å². The Labute approximate surface area is 120 Å². The molecule has 0 heterocycles. The minimum atomic E-state index is -4.38. The highest BCUT2D eigenvalue weighted by molar-refractivity contribution is 5.91. The van der Waals surface area contributed by atoms with Crippen LogP contribution in [0.4, 0.5) is 13.2 Å². The van der Waals surface area contributed by atoms with E-state index in [1.54, 1.807) is 30.3 Å². The summed E-state index contributed by atoms with van der Waals surface area (Å²) in [6.45, 7) is 0. The lowest BCUT2D eigenvalue weighted by molar-refractivity contribution is -0.137. The number of esters is 1. The predicted octanol–water partition coefficient (Wildman–Crippen LogP) is 4.08. The second kappa shape index (κ2) is 5.99. The fourth-order valence-electron chi connectivity index (χ4n) is 2.06. The zero-order valence-electron chi connectivity index (χ0n) is 11.3. The summed E-state index contributed by atoms with van der Waals surface area (Å²) in [6.07, 6.45) is -4.15. The molecule has 0 amide bonds. The topological polar surface area (TPSA) is 26.3 Å². The van der Waals surface area contributed by atoms with E-state index in [0.29, 0.717) is 16.7 Å². The third-order valence-corrected chi connectivity index (χ3v) is 3.07. The maximum absolute atomic E-state index is 12.7. The molecular weight excluding hydrogens is 281 g/mol. The molecule has 0 radical (unpaired) electrons. The van der Waals surface area contributed by atoms with Gasteiger partial charge in [0, 0.05) is 0 Å². The smallest absolute Gasteiger partial charge is 0.416 e. The van der Waals surface area contributed by atoms with Crippen molar-refractivity contribution >= 4 is 5.97 Å². The molecule has 2 aromatic carbocycles. The van der Waals surface area contributed by atoms with E-state index in [2.05, 4.69) is 4.74 Å². The molecule has 0 spiro atoms. The zero-order valence-corrected chi connectivity index (χ0v) is 11.3. The van der Waals surface area contributed by atoms with Crippen LogP contribution in [0.5, 0.6) is 0 Å². The molecule has 0 fully saturated rings. The van der Waals surface area contributed by atoms with E-state index < -0.39 is 17.7 Å². The Morgan fingerprint density at radius 1 is 1.10 bits per heavy atom. The molecule has 0 unspecified atom stereocenters.